The van der Waals surface area contributed by atoms with Crippen molar-refractivity contribution < 1.29 is 8.42 Å². The van der Waals surface area contributed by atoms with Crippen molar-refractivity contribution in [2.45, 2.75) is 4.90 Å². The maximum Gasteiger partial charge on any atom is 0.222 e. The molecule has 3 aromatic rings. The van der Waals surface area contributed by atoms with Crippen LogP contribution < -0.4 is 11.1 Å². The summed E-state index contributed by atoms with van der Waals surface area (Å²) in [7, 11) is -3.35. The molecule has 3 N–H and O–H groups in total. The van der Waals surface area contributed by atoms with Gasteiger partial charge in [0.25, 0.3) is 0 Å². The van der Waals surface area contributed by atoms with Gasteiger partial charge in [-0.1, -0.05) is 12.0 Å². The van der Waals surface area contributed by atoms with Crippen LogP contribution >= 0.6 is 0 Å². The van der Waals surface area contributed by atoms with E-state index in [2.05, 4.69) is 21.2 Å². The van der Waals surface area contributed by atoms with Crippen LogP contribution in [0, 0.1) is 12.3 Å². The van der Waals surface area contributed by atoms with Gasteiger partial charge in [-0.05, 0) is 36.4 Å². The molecule has 1 aromatic heterocycles. The second-order valence-electron chi connectivity index (χ2n) is 5.23. The molecule has 7 heteroatoms. The molecule has 120 valence electrons. The van der Waals surface area contributed by atoms with Crippen LogP contribution in [0.15, 0.2) is 47.4 Å². The first kappa shape index (κ1) is 15.8. The van der Waals surface area contributed by atoms with E-state index in [0.29, 0.717) is 22.3 Å². The summed E-state index contributed by atoms with van der Waals surface area (Å²) in [5.41, 5.74) is 7.72. The Hall–Kier alpha value is -3.11. The third-order valence-corrected chi connectivity index (χ3v) is 4.51. The smallest absolute Gasteiger partial charge is 0.222 e. The molecule has 0 atom stereocenters. The van der Waals surface area contributed by atoms with Crippen LogP contribution in [-0.2, 0) is 9.84 Å². The molecule has 24 heavy (non-hydrogen) atoms. The predicted octanol–water partition coefficient (Wildman–Crippen LogP) is 2.34. The third kappa shape index (κ3) is 3.14. The van der Waals surface area contributed by atoms with Gasteiger partial charge in [0.05, 0.1) is 10.4 Å². The van der Waals surface area contributed by atoms with E-state index >= 15 is 0 Å². The van der Waals surface area contributed by atoms with E-state index in [1.807, 2.05) is 12.1 Å². The molecule has 2 aromatic carbocycles. The van der Waals surface area contributed by atoms with Crippen molar-refractivity contribution in [3.05, 3.63) is 48.0 Å². The normalized spacial score (nSPS) is 11.2. The summed E-state index contributed by atoms with van der Waals surface area (Å²) in [4.78, 5) is 8.50. The fourth-order valence-electron chi connectivity index (χ4n) is 2.27. The van der Waals surface area contributed by atoms with Crippen molar-refractivity contribution in [1.29, 1.82) is 0 Å². The molecule has 0 unspecified atom stereocenters. The lowest BCUT2D eigenvalue weighted by molar-refractivity contribution is 0.602. The Balaban J connectivity index is 2.16. The molecular weight excluding hydrogens is 324 g/mol. The number of rotatable bonds is 3. The van der Waals surface area contributed by atoms with Crippen molar-refractivity contribution in [1.82, 2.24) is 9.97 Å². The van der Waals surface area contributed by atoms with Gasteiger partial charge in [0.2, 0.25) is 5.95 Å². The highest BCUT2D eigenvalue weighted by Gasteiger charge is 2.12. The fraction of sp³-hybridized carbons (Fsp3) is 0.0588. The van der Waals surface area contributed by atoms with Gasteiger partial charge in [-0.3, -0.25) is 0 Å². The number of hydrogen-bond donors (Lipinski definition) is 2. The van der Waals surface area contributed by atoms with Crippen LogP contribution in [-0.4, -0.2) is 24.6 Å². The summed E-state index contributed by atoms with van der Waals surface area (Å²) in [6, 6.07) is 11.8. The Morgan fingerprint density at radius 2 is 1.96 bits per heavy atom. The van der Waals surface area contributed by atoms with Crippen LogP contribution in [0.4, 0.5) is 17.5 Å². The SMILES string of the molecule is C#Cc1cccc(Nc2nc(N)nc3ccc(S(C)(=O)=O)cc23)c1. The lowest BCUT2D eigenvalue weighted by Gasteiger charge is -2.11. The van der Waals surface area contributed by atoms with Crippen LogP contribution in [0.25, 0.3) is 10.9 Å². The number of nitrogens with one attached hydrogen (secondary N) is 1. The number of benzene rings is 2. The van der Waals surface area contributed by atoms with E-state index in [0.717, 1.165) is 11.9 Å². The summed E-state index contributed by atoms with van der Waals surface area (Å²) in [5, 5.41) is 3.67. The number of nitrogen functional groups attached to an aromatic ring is 1. The number of nitrogens with two attached hydrogens (primary N) is 1. The maximum atomic E-state index is 11.8. The first-order chi connectivity index (χ1) is 11.4. The second-order valence-corrected chi connectivity index (χ2v) is 7.25. The van der Waals surface area contributed by atoms with Gasteiger partial charge in [-0.25, -0.2) is 13.4 Å². The van der Waals surface area contributed by atoms with Crippen molar-refractivity contribution in [3.8, 4) is 12.3 Å². The summed E-state index contributed by atoms with van der Waals surface area (Å²) >= 11 is 0. The van der Waals surface area contributed by atoms with Crippen molar-refractivity contribution in [3.63, 3.8) is 0 Å². The van der Waals surface area contributed by atoms with Gasteiger partial charge < -0.3 is 11.1 Å². The zero-order valence-electron chi connectivity index (χ0n) is 12.8. The molecule has 0 aliphatic rings. The first-order valence-corrected chi connectivity index (χ1v) is 8.87. The average Bonchev–Trinajstić information content (AvgIpc) is 2.53. The minimum absolute atomic E-state index is 0.0882. The van der Waals surface area contributed by atoms with Crippen LogP contribution in [0.2, 0.25) is 0 Å². The van der Waals surface area contributed by atoms with Crippen molar-refractivity contribution >= 4 is 38.2 Å². The Kier molecular flexibility index (Phi) is 3.83. The molecule has 3 rings (SSSR count). The second kappa shape index (κ2) is 5.83. The van der Waals surface area contributed by atoms with Gasteiger partial charge in [0.1, 0.15) is 5.82 Å². The quantitative estimate of drug-likeness (QED) is 0.711. The van der Waals surface area contributed by atoms with Crippen LogP contribution in [0.3, 0.4) is 0 Å². The summed E-state index contributed by atoms with van der Waals surface area (Å²) in [6.45, 7) is 0. The molecular formula is C17H14N4O2S. The van der Waals surface area contributed by atoms with Gasteiger partial charge in [-0.15, -0.1) is 6.42 Å². The third-order valence-electron chi connectivity index (χ3n) is 3.40. The zero-order chi connectivity index (χ0) is 17.3. The Morgan fingerprint density at radius 1 is 1.17 bits per heavy atom. The standard InChI is InChI=1S/C17H14N4O2S/c1-3-11-5-4-6-12(9-11)19-16-14-10-13(24(2,22)23)7-8-15(14)20-17(18)21-16/h1,4-10H,2H3,(H3,18,19,20,21). The summed E-state index contributed by atoms with van der Waals surface area (Å²) in [5.74, 6) is 3.06. The van der Waals surface area contributed by atoms with Crippen molar-refractivity contribution in [2.24, 2.45) is 0 Å². The summed E-state index contributed by atoms with van der Waals surface area (Å²) in [6.07, 6.45) is 6.55. The summed E-state index contributed by atoms with van der Waals surface area (Å²) < 4.78 is 23.6. The predicted molar refractivity (Wildman–Crippen MR) is 94.7 cm³/mol. The van der Waals surface area contributed by atoms with Crippen molar-refractivity contribution in [2.75, 3.05) is 17.3 Å². The number of anilines is 3. The number of aromatic nitrogens is 2. The Bertz CT molecular complexity index is 1090. The molecule has 0 amide bonds. The van der Waals surface area contributed by atoms with E-state index in [1.165, 1.54) is 12.1 Å². The zero-order valence-corrected chi connectivity index (χ0v) is 13.6. The van der Waals surface area contributed by atoms with E-state index < -0.39 is 9.84 Å². The largest absolute Gasteiger partial charge is 0.368 e. The molecule has 0 saturated heterocycles. The number of nitrogens with zero attached hydrogens (tertiary/aromatic N) is 2. The van der Waals surface area contributed by atoms with E-state index in [9.17, 15) is 8.42 Å². The fourth-order valence-corrected chi connectivity index (χ4v) is 2.92. The highest BCUT2D eigenvalue weighted by Crippen LogP contribution is 2.27. The highest BCUT2D eigenvalue weighted by atomic mass is 32.2. The first-order valence-electron chi connectivity index (χ1n) is 6.98. The molecule has 0 spiro atoms. The van der Waals surface area contributed by atoms with E-state index in [-0.39, 0.29) is 10.8 Å². The van der Waals surface area contributed by atoms with Gasteiger partial charge in [0, 0.05) is 22.9 Å². The molecule has 1 heterocycles. The molecule has 0 fully saturated rings. The van der Waals surface area contributed by atoms with Crippen LogP contribution in [0.5, 0.6) is 0 Å². The molecule has 0 aliphatic heterocycles. The van der Waals surface area contributed by atoms with E-state index in [1.54, 1.807) is 18.2 Å². The highest BCUT2D eigenvalue weighted by molar-refractivity contribution is 7.90. The minimum Gasteiger partial charge on any atom is -0.368 e. The topological polar surface area (TPSA) is 98.0 Å². The maximum absolute atomic E-state index is 11.8. The molecule has 0 saturated carbocycles. The minimum atomic E-state index is -3.35. The lowest BCUT2D eigenvalue weighted by Crippen LogP contribution is -2.03. The van der Waals surface area contributed by atoms with E-state index in [4.69, 9.17) is 12.2 Å². The van der Waals surface area contributed by atoms with Gasteiger partial charge in [-0.2, -0.15) is 4.98 Å². The number of hydrogen-bond acceptors (Lipinski definition) is 6. The average molecular weight is 338 g/mol. The van der Waals surface area contributed by atoms with Gasteiger partial charge in [0.15, 0.2) is 9.84 Å². The Morgan fingerprint density at radius 3 is 2.67 bits per heavy atom. The lowest BCUT2D eigenvalue weighted by atomic mass is 10.2. The number of sulfone groups is 1. The van der Waals surface area contributed by atoms with Gasteiger partial charge >= 0.3 is 0 Å². The molecule has 6 nitrogen and oxygen atoms in total. The number of fused-ring (bicyclic) bond motifs is 1. The molecule has 0 radical (unpaired) electrons. The Labute approximate surface area is 139 Å². The number of terminal acetylenes is 1. The molecule has 0 bridgehead atoms. The molecule has 0 aliphatic carbocycles. The van der Waals surface area contributed by atoms with Crippen LogP contribution in [0.1, 0.15) is 5.56 Å². The monoisotopic (exact) mass is 338 g/mol.